The number of esters is 1. The standard InChI is InChI=1S/C28H37NO5/c1-18-10-7-5-6-8-12-23(21-14-13-20-11-9-15-29-22(20)16-21)34-25(31)17-24(30)28(3,4)27(33)19(2)26(18)32/h6,8-9,11,13-16,18-19,23-24,26,30,32H,5,7,10,12,17H2,1-4H3/b8-6-/t18-,19+,23-,24-,26?/m0/s1. The molecule has 0 fully saturated rings. The molecule has 2 N–H and O–H groups in total. The lowest BCUT2D eigenvalue weighted by Gasteiger charge is -2.34. The zero-order chi connectivity index (χ0) is 24.9. The number of aliphatic hydroxyl groups is 2. The zero-order valence-corrected chi connectivity index (χ0v) is 20.6. The second-order valence-electron chi connectivity index (χ2n) is 10.1. The molecule has 0 saturated heterocycles. The maximum absolute atomic E-state index is 13.2. The van der Waals surface area contributed by atoms with Gasteiger partial charge in [-0.3, -0.25) is 14.6 Å². The Bertz CT molecular complexity index is 1030. The van der Waals surface area contributed by atoms with Gasteiger partial charge in [-0.25, -0.2) is 0 Å². The van der Waals surface area contributed by atoms with Crippen LogP contribution in [0.1, 0.15) is 71.5 Å². The number of cyclic esters (lactones) is 1. The fraction of sp³-hybridized carbons (Fsp3) is 0.536. The van der Waals surface area contributed by atoms with Crippen molar-refractivity contribution in [2.24, 2.45) is 17.3 Å². The minimum absolute atomic E-state index is 0.0454. The fourth-order valence-corrected chi connectivity index (χ4v) is 4.62. The first-order chi connectivity index (χ1) is 16.1. The van der Waals surface area contributed by atoms with Gasteiger partial charge in [-0.15, -0.1) is 0 Å². The summed E-state index contributed by atoms with van der Waals surface area (Å²) in [5, 5.41) is 22.5. The molecule has 6 heteroatoms. The van der Waals surface area contributed by atoms with E-state index in [4.69, 9.17) is 4.74 Å². The number of rotatable bonds is 1. The lowest BCUT2D eigenvalue weighted by molar-refractivity contribution is -0.155. The first-order valence-corrected chi connectivity index (χ1v) is 12.2. The lowest BCUT2D eigenvalue weighted by Crippen LogP contribution is -2.45. The molecule has 1 aromatic carbocycles. The highest BCUT2D eigenvalue weighted by Gasteiger charge is 2.42. The molecule has 1 unspecified atom stereocenters. The Morgan fingerprint density at radius 2 is 1.85 bits per heavy atom. The number of pyridine rings is 1. The maximum atomic E-state index is 13.2. The van der Waals surface area contributed by atoms with Crippen molar-refractivity contribution in [1.29, 1.82) is 0 Å². The van der Waals surface area contributed by atoms with Gasteiger partial charge in [-0.1, -0.05) is 58.0 Å². The normalized spacial score (nSPS) is 30.6. The van der Waals surface area contributed by atoms with Crippen LogP contribution >= 0.6 is 0 Å². The van der Waals surface area contributed by atoms with Crippen molar-refractivity contribution in [3.63, 3.8) is 0 Å². The quantitative estimate of drug-likeness (QED) is 0.456. The molecule has 0 radical (unpaired) electrons. The van der Waals surface area contributed by atoms with E-state index >= 15 is 0 Å². The smallest absolute Gasteiger partial charge is 0.309 e. The number of aromatic nitrogens is 1. The van der Waals surface area contributed by atoms with Crippen molar-refractivity contribution in [1.82, 2.24) is 4.98 Å². The summed E-state index contributed by atoms with van der Waals surface area (Å²) in [7, 11) is 0. The number of fused-ring (bicyclic) bond motifs is 1. The van der Waals surface area contributed by atoms with Gasteiger partial charge in [0, 0.05) is 23.9 Å². The minimum atomic E-state index is -1.22. The molecule has 34 heavy (non-hydrogen) atoms. The third kappa shape index (κ3) is 6.10. The summed E-state index contributed by atoms with van der Waals surface area (Å²) in [6, 6.07) is 9.67. The molecule has 3 rings (SSSR count). The molecule has 1 aliphatic rings. The number of allylic oxidation sites excluding steroid dienone is 1. The number of Topliss-reactive ketones (excluding diaryl/α,β-unsaturated/α-hetero) is 1. The SMILES string of the molecule is C[C@H]1CCC/C=C\C[C@@H](c2ccc3cccnc3c2)OC(=O)C[C@H](O)C(C)(C)C(=O)[C@H](C)C1O. The summed E-state index contributed by atoms with van der Waals surface area (Å²) < 4.78 is 5.81. The molecule has 1 aliphatic heterocycles. The largest absolute Gasteiger partial charge is 0.457 e. The van der Waals surface area contributed by atoms with Crippen molar-refractivity contribution in [3.8, 4) is 0 Å². The number of carbonyl (C=O) groups is 2. The van der Waals surface area contributed by atoms with Crippen LogP contribution in [0.25, 0.3) is 10.9 Å². The molecule has 2 aromatic rings. The number of ketones is 1. The Morgan fingerprint density at radius 1 is 1.09 bits per heavy atom. The van der Waals surface area contributed by atoms with Gasteiger partial charge in [-0.2, -0.15) is 0 Å². The number of carbonyl (C=O) groups excluding carboxylic acids is 2. The highest BCUT2D eigenvalue weighted by Crippen LogP contribution is 2.33. The van der Waals surface area contributed by atoms with Crippen LogP contribution in [0.2, 0.25) is 0 Å². The molecule has 6 nitrogen and oxygen atoms in total. The number of benzene rings is 1. The summed E-state index contributed by atoms with van der Waals surface area (Å²) in [6.07, 6.45) is 5.97. The summed E-state index contributed by atoms with van der Waals surface area (Å²) in [5.41, 5.74) is 0.458. The predicted octanol–water partition coefficient (Wildman–Crippen LogP) is 4.93. The van der Waals surface area contributed by atoms with E-state index in [1.807, 2.05) is 43.3 Å². The fourth-order valence-electron chi connectivity index (χ4n) is 4.62. The number of aliphatic hydroxyl groups excluding tert-OH is 2. The third-order valence-corrected chi connectivity index (χ3v) is 7.16. The van der Waals surface area contributed by atoms with E-state index in [1.165, 1.54) is 0 Å². The van der Waals surface area contributed by atoms with Crippen molar-refractivity contribution < 1.29 is 24.5 Å². The van der Waals surface area contributed by atoms with Crippen LogP contribution in [0.4, 0.5) is 0 Å². The highest BCUT2D eigenvalue weighted by atomic mass is 16.5. The monoisotopic (exact) mass is 467 g/mol. The van der Waals surface area contributed by atoms with Gasteiger partial charge in [0.15, 0.2) is 0 Å². The van der Waals surface area contributed by atoms with E-state index in [2.05, 4.69) is 11.1 Å². The van der Waals surface area contributed by atoms with Crippen LogP contribution < -0.4 is 0 Å². The maximum Gasteiger partial charge on any atom is 0.309 e. The Kier molecular flexibility index (Phi) is 8.61. The summed E-state index contributed by atoms with van der Waals surface area (Å²) >= 11 is 0. The molecule has 0 bridgehead atoms. The Balaban J connectivity index is 1.87. The second-order valence-corrected chi connectivity index (χ2v) is 10.1. The van der Waals surface area contributed by atoms with E-state index in [1.54, 1.807) is 27.0 Å². The Labute approximate surface area is 202 Å². The molecule has 1 aromatic heterocycles. The van der Waals surface area contributed by atoms with Crippen molar-refractivity contribution >= 4 is 22.7 Å². The second kappa shape index (κ2) is 11.2. The van der Waals surface area contributed by atoms with Crippen molar-refractivity contribution in [3.05, 3.63) is 54.2 Å². The molecular weight excluding hydrogens is 430 g/mol. The van der Waals surface area contributed by atoms with Gasteiger partial charge >= 0.3 is 5.97 Å². The van der Waals surface area contributed by atoms with E-state index in [9.17, 15) is 19.8 Å². The van der Waals surface area contributed by atoms with E-state index in [0.29, 0.717) is 6.42 Å². The van der Waals surface area contributed by atoms with E-state index < -0.39 is 35.6 Å². The van der Waals surface area contributed by atoms with Crippen LogP contribution in [0.5, 0.6) is 0 Å². The average molecular weight is 468 g/mol. The molecule has 0 saturated carbocycles. The molecule has 0 spiro atoms. The third-order valence-electron chi connectivity index (χ3n) is 7.16. The first-order valence-electron chi connectivity index (χ1n) is 12.2. The summed E-state index contributed by atoms with van der Waals surface area (Å²) in [6.45, 7) is 6.90. The van der Waals surface area contributed by atoms with Crippen LogP contribution in [-0.4, -0.2) is 39.2 Å². The van der Waals surface area contributed by atoms with E-state index in [-0.39, 0.29) is 18.1 Å². The Hall–Kier alpha value is -2.57. The summed E-state index contributed by atoms with van der Waals surface area (Å²) in [4.78, 5) is 30.4. The van der Waals surface area contributed by atoms with Crippen LogP contribution in [0.3, 0.4) is 0 Å². The van der Waals surface area contributed by atoms with E-state index in [0.717, 1.165) is 35.7 Å². The number of hydrogen-bond donors (Lipinski definition) is 2. The molecule has 184 valence electrons. The summed E-state index contributed by atoms with van der Waals surface area (Å²) in [5.74, 6) is -1.51. The Morgan fingerprint density at radius 3 is 2.62 bits per heavy atom. The topological polar surface area (TPSA) is 96.7 Å². The highest BCUT2D eigenvalue weighted by molar-refractivity contribution is 5.88. The minimum Gasteiger partial charge on any atom is -0.457 e. The van der Waals surface area contributed by atoms with Gasteiger partial charge < -0.3 is 14.9 Å². The van der Waals surface area contributed by atoms with Crippen LogP contribution in [-0.2, 0) is 14.3 Å². The van der Waals surface area contributed by atoms with Crippen LogP contribution in [0, 0.1) is 17.3 Å². The lowest BCUT2D eigenvalue weighted by atomic mass is 9.73. The number of hydrogen-bond acceptors (Lipinski definition) is 6. The van der Waals surface area contributed by atoms with Crippen molar-refractivity contribution in [2.45, 2.75) is 78.1 Å². The van der Waals surface area contributed by atoms with Gasteiger partial charge in [0.2, 0.25) is 0 Å². The van der Waals surface area contributed by atoms with Gasteiger partial charge in [0.25, 0.3) is 0 Å². The van der Waals surface area contributed by atoms with Crippen LogP contribution in [0.15, 0.2) is 48.7 Å². The van der Waals surface area contributed by atoms with Gasteiger partial charge in [-0.05, 0) is 42.9 Å². The van der Waals surface area contributed by atoms with Gasteiger partial charge in [0.05, 0.1) is 29.6 Å². The average Bonchev–Trinajstić information content (AvgIpc) is 2.82. The molecule has 0 amide bonds. The molecule has 5 atom stereocenters. The zero-order valence-electron chi connectivity index (χ0n) is 20.6. The van der Waals surface area contributed by atoms with Crippen molar-refractivity contribution in [2.75, 3.05) is 0 Å². The molecular formula is C28H37NO5. The predicted molar refractivity (Wildman–Crippen MR) is 132 cm³/mol. The van der Waals surface area contributed by atoms with Gasteiger partial charge in [0.1, 0.15) is 11.9 Å². The number of nitrogens with zero attached hydrogens (tertiary/aromatic N) is 1. The first kappa shape index (κ1) is 26.0. The molecule has 0 aliphatic carbocycles. The molecule has 2 heterocycles. The number of ether oxygens (including phenoxy) is 1.